The molecular formula is C17H26O4. The van der Waals surface area contributed by atoms with E-state index in [4.69, 9.17) is 14.2 Å². The molecule has 0 amide bonds. The van der Waals surface area contributed by atoms with Gasteiger partial charge >= 0.3 is 5.97 Å². The van der Waals surface area contributed by atoms with Crippen molar-refractivity contribution in [2.75, 3.05) is 6.61 Å². The van der Waals surface area contributed by atoms with Crippen LogP contribution < -0.4 is 0 Å². The van der Waals surface area contributed by atoms with Crippen LogP contribution in [-0.2, 0) is 19.0 Å². The summed E-state index contributed by atoms with van der Waals surface area (Å²) >= 11 is 0. The Kier molecular flexibility index (Phi) is 3.49. The molecule has 4 fully saturated rings. The molecule has 2 aliphatic heterocycles. The molecule has 0 aromatic rings. The maximum Gasteiger partial charge on any atom is 0.306 e. The third kappa shape index (κ3) is 2.98. The van der Waals surface area contributed by atoms with Crippen LogP contribution >= 0.6 is 0 Å². The van der Waals surface area contributed by atoms with E-state index in [0.29, 0.717) is 61.1 Å². The van der Waals surface area contributed by atoms with Gasteiger partial charge in [0.25, 0.3) is 0 Å². The van der Waals surface area contributed by atoms with Gasteiger partial charge in [0.05, 0.1) is 31.0 Å². The predicted octanol–water partition coefficient (Wildman–Crippen LogP) is 2.55. The van der Waals surface area contributed by atoms with E-state index >= 15 is 0 Å². The average Bonchev–Trinajstić information content (AvgIpc) is 3.32. The molecular weight excluding hydrogens is 268 g/mol. The molecule has 0 radical (unpaired) electrons. The third-order valence-electron chi connectivity index (χ3n) is 6.15. The highest BCUT2D eigenvalue weighted by atomic mass is 16.6. The molecule has 2 saturated heterocycles. The first-order chi connectivity index (χ1) is 10.1. The van der Waals surface area contributed by atoms with Gasteiger partial charge < -0.3 is 14.2 Å². The Morgan fingerprint density at radius 2 is 1.43 bits per heavy atom. The van der Waals surface area contributed by atoms with Crippen LogP contribution in [0.2, 0.25) is 0 Å². The fraction of sp³-hybridized carbons (Fsp3) is 0.941. The third-order valence-corrected chi connectivity index (χ3v) is 6.15. The maximum absolute atomic E-state index is 12.1. The summed E-state index contributed by atoms with van der Waals surface area (Å²) in [5.74, 6) is 2.10. The van der Waals surface area contributed by atoms with Gasteiger partial charge in [0.2, 0.25) is 0 Å². The maximum atomic E-state index is 12.1. The van der Waals surface area contributed by atoms with Crippen LogP contribution in [0.1, 0.15) is 46.0 Å². The molecule has 21 heavy (non-hydrogen) atoms. The second kappa shape index (κ2) is 5.24. The van der Waals surface area contributed by atoms with Crippen LogP contribution in [0, 0.1) is 23.7 Å². The van der Waals surface area contributed by atoms with E-state index in [0.717, 1.165) is 25.7 Å². The molecule has 4 heteroatoms. The fourth-order valence-corrected chi connectivity index (χ4v) is 4.36. The smallest absolute Gasteiger partial charge is 0.306 e. The summed E-state index contributed by atoms with van der Waals surface area (Å²) in [5.41, 5.74) is 0. The zero-order valence-electron chi connectivity index (χ0n) is 13.0. The molecule has 0 aromatic carbocycles. The number of ether oxygens (including phenoxy) is 3. The lowest BCUT2D eigenvalue weighted by Crippen LogP contribution is -2.29. The SMILES string of the molecule is CC1CC2OC2CC1COC(=O)CC1CC2OC2CC1C. The van der Waals surface area contributed by atoms with Crippen LogP contribution in [0.4, 0.5) is 0 Å². The lowest BCUT2D eigenvalue weighted by Gasteiger charge is -2.27. The van der Waals surface area contributed by atoms with Crippen molar-refractivity contribution in [3.63, 3.8) is 0 Å². The Labute approximate surface area is 126 Å². The molecule has 2 heterocycles. The largest absolute Gasteiger partial charge is 0.465 e. The fourth-order valence-electron chi connectivity index (χ4n) is 4.36. The Bertz CT molecular complexity index is 423. The summed E-state index contributed by atoms with van der Waals surface area (Å²) in [4.78, 5) is 12.1. The van der Waals surface area contributed by atoms with Gasteiger partial charge in [0.1, 0.15) is 0 Å². The molecule has 0 bridgehead atoms. The molecule has 118 valence electrons. The van der Waals surface area contributed by atoms with Gasteiger partial charge in [-0.15, -0.1) is 0 Å². The standard InChI is InChI=1S/C17H26O4/c1-9-3-13-15(20-13)5-11(9)7-17(18)19-8-12-6-16-14(21-16)4-10(12)2/h9-16H,3-8H2,1-2H3. The molecule has 4 aliphatic rings. The van der Waals surface area contributed by atoms with Crippen molar-refractivity contribution in [1.29, 1.82) is 0 Å². The van der Waals surface area contributed by atoms with E-state index in [2.05, 4.69) is 13.8 Å². The van der Waals surface area contributed by atoms with E-state index in [9.17, 15) is 4.79 Å². The van der Waals surface area contributed by atoms with Crippen molar-refractivity contribution in [2.45, 2.75) is 70.4 Å². The Morgan fingerprint density at radius 3 is 2.10 bits per heavy atom. The van der Waals surface area contributed by atoms with E-state index in [-0.39, 0.29) is 5.97 Å². The van der Waals surface area contributed by atoms with Gasteiger partial charge in [-0.05, 0) is 49.4 Å². The van der Waals surface area contributed by atoms with Crippen molar-refractivity contribution in [2.24, 2.45) is 23.7 Å². The summed E-state index contributed by atoms with van der Waals surface area (Å²) < 4.78 is 16.7. The predicted molar refractivity (Wildman–Crippen MR) is 76.7 cm³/mol. The molecule has 8 atom stereocenters. The molecule has 4 rings (SSSR count). The van der Waals surface area contributed by atoms with E-state index in [1.54, 1.807) is 0 Å². The van der Waals surface area contributed by atoms with Gasteiger partial charge in [0, 0.05) is 6.42 Å². The molecule has 4 nitrogen and oxygen atoms in total. The lowest BCUT2D eigenvalue weighted by atomic mass is 9.78. The van der Waals surface area contributed by atoms with Crippen molar-refractivity contribution < 1.29 is 19.0 Å². The number of epoxide rings is 2. The highest BCUT2D eigenvalue weighted by Crippen LogP contribution is 2.44. The summed E-state index contributed by atoms with van der Waals surface area (Å²) in [7, 11) is 0. The van der Waals surface area contributed by atoms with Crippen molar-refractivity contribution >= 4 is 5.97 Å². The first-order valence-electron chi connectivity index (χ1n) is 8.56. The Hall–Kier alpha value is -0.610. The van der Waals surface area contributed by atoms with Gasteiger partial charge in [-0.3, -0.25) is 4.79 Å². The minimum absolute atomic E-state index is 0.0167. The van der Waals surface area contributed by atoms with Crippen LogP contribution in [0.5, 0.6) is 0 Å². The monoisotopic (exact) mass is 294 g/mol. The number of carbonyl (C=O) groups excluding carboxylic acids is 1. The number of rotatable bonds is 4. The zero-order chi connectivity index (χ0) is 14.6. The van der Waals surface area contributed by atoms with Crippen LogP contribution in [-0.4, -0.2) is 37.0 Å². The lowest BCUT2D eigenvalue weighted by molar-refractivity contribution is -0.147. The summed E-state index contributed by atoms with van der Waals surface area (Å²) in [6.45, 7) is 5.07. The van der Waals surface area contributed by atoms with Crippen LogP contribution in [0.25, 0.3) is 0 Å². The Morgan fingerprint density at radius 1 is 0.905 bits per heavy atom. The normalized spacial score (nSPS) is 50.8. The van der Waals surface area contributed by atoms with E-state index in [1.165, 1.54) is 0 Å². The van der Waals surface area contributed by atoms with Crippen LogP contribution in [0.15, 0.2) is 0 Å². The Balaban J connectivity index is 1.22. The number of hydrogen-bond donors (Lipinski definition) is 0. The van der Waals surface area contributed by atoms with Crippen molar-refractivity contribution in [3.05, 3.63) is 0 Å². The van der Waals surface area contributed by atoms with E-state index < -0.39 is 0 Å². The number of hydrogen-bond acceptors (Lipinski definition) is 4. The van der Waals surface area contributed by atoms with Gasteiger partial charge in [0.15, 0.2) is 0 Å². The molecule has 2 saturated carbocycles. The van der Waals surface area contributed by atoms with Gasteiger partial charge in [-0.1, -0.05) is 13.8 Å². The minimum Gasteiger partial charge on any atom is -0.465 e. The highest BCUT2D eigenvalue weighted by molar-refractivity contribution is 5.69. The number of carbonyl (C=O) groups is 1. The summed E-state index contributed by atoms with van der Waals surface area (Å²) in [6, 6.07) is 0. The highest BCUT2D eigenvalue weighted by Gasteiger charge is 2.48. The summed E-state index contributed by atoms with van der Waals surface area (Å²) in [6.07, 6.45) is 6.79. The number of esters is 1. The molecule has 8 unspecified atom stereocenters. The van der Waals surface area contributed by atoms with Gasteiger partial charge in [-0.25, -0.2) is 0 Å². The van der Waals surface area contributed by atoms with E-state index in [1.807, 2.05) is 0 Å². The molecule has 0 N–H and O–H groups in total. The van der Waals surface area contributed by atoms with Gasteiger partial charge in [-0.2, -0.15) is 0 Å². The number of fused-ring (bicyclic) bond motifs is 2. The second-order valence-corrected chi connectivity index (χ2v) is 7.73. The summed E-state index contributed by atoms with van der Waals surface area (Å²) in [5, 5.41) is 0. The first-order valence-corrected chi connectivity index (χ1v) is 8.56. The second-order valence-electron chi connectivity index (χ2n) is 7.73. The quantitative estimate of drug-likeness (QED) is 0.590. The molecule has 0 aromatic heterocycles. The molecule has 0 spiro atoms. The average molecular weight is 294 g/mol. The van der Waals surface area contributed by atoms with Crippen molar-refractivity contribution in [1.82, 2.24) is 0 Å². The minimum atomic E-state index is -0.0167. The van der Waals surface area contributed by atoms with Crippen LogP contribution in [0.3, 0.4) is 0 Å². The first kappa shape index (κ1) is 14.0. The van der Waals surface area contributed by atoms with Crippen molar-refractivity contribution in [3.8, 4) is 0 Å². The topological polar surface area (TPSA) is 51.4 Å². The molecule has 2 aliphatic carbocycles. The zero-order valence-corrected chi connectivity index (χ0v) is 13.0.